The van der Waals surface area contributed by atoms with Crippen LogP contribution in [0.15, 0.2) is 72.8 Å². The Morgan fingerprint density at radius 2 is 1.42 bits per heavy atom. The maximum Gasteiger partial charge on any atom is 0.338 e. The average Bonchev–Trinajstić information content (AvgIpc) is 2.83. The van der Waals surface area contributed by atoms with Gasteiger partial charge in [-0.05, 0) is 42.0 Å². The molecule has 2 N–H and O–H groups in total. The lowest BCUT2D eigenvalue weighted by Gasteiger charge is -2.19. The molecule has 2 amide bonds. The quantitative estimate of drug-likeness (QED) is 0.539. The van der Waals surface area contributed by atoms with Crippen LogP contribution in [0.2, 0.25) is 0 Å². The SMILES string of the molecule is O=C(COC(=O)c1ccc(NC(=O)Cc2ccccc2)cc1)Nc1ccc2c(c1)OCCO2. The number of rotatable bonds is 7. The van der Waals surface area contributed by atoms with Crippen LogP contribution in [0.1, 0.15) is 15.9 Å². The zero-order valence-electron chi connectivity index (χ0n) is 17.7. The van der Waals surface area contributed by atoms with Crippen LogP contribution < -0.4 is 20.1 Å². The lowest BCUT2D eigenvalue weighted by molar-refractivity contribution is -0.119. The fourth-order valence-electron chi connectivity index (χ4n) is 3.21. The van der Waals surface area contributed by atoms with E-state index >= 15 is 0 Å². The van der Waals surface area contributed by atoms with Gasteiger partial charge in [0, 0.05) is 17.4 Å². The molecule has 0 spiro atoms. The minimum atomic E-state index is -0.644. The third-order valence-electron chi connectivity index (χ3n) is 4.77. The number of esters is 1. The number of fused-ring (bicyclic) bond motifs is 1. The number of benzene rings is 3. The molecule has 0 aromatic heterocycles. The van der Waals surface area contributed by atoms with Crippen molar-refractivity contribution in [1.82, 2.24) is 0 Å². The highest BCUT2D eigenvalue weighted by atomic mass is 16.6. The Morgan fingerprint density at radius 1 is 0.758 bits per heavy atom. The largest absolute Gasteiger partial charge is 0.486 e. The number of carbonyl (C=O) groups excluding carboxylic acids is 3. The van der Waals surface area contributed by atoms with Crippen LogP contribution in [0.4, 0.5) is 11.4 Å². The van der Waals surface area contributed by atoms with Crippen molar-refractivity contribution in [3.05, 3.63) is 83.9 Å². The van der Waals surface area contributed by atoms with Crippen molar-refractivity contribution in [2.24, 2.45) is 0 Å². The van der Waals surface area contributed by atoms with E-state index in [9.17, 15) is 14.4 Å². The Balaban J connectivity index is 1.24. The molecule has 4 rings (SSSR count). The number of anilines is 2. The van der Waals surface area contributed by atoms with Gasteiger partial charge in [-0.25, -0.2) is 4.79 Å². The van der Waals surface area contributed by atoms with Gasteiger partial charge in [0.25, 0.3) is 5.91 Å². The standard InChI is InChI=1S/C25H22N2O6/c28-23(14-17-4-2-1-3-5-17)26-19-8-6-18(7-9-19)25(30)33-16-24(29)27-20-10-11-21-22(15-20)32-13-12-31-21/h1-11,15H,12-14,16H2,(H,26,28)(H,27,29). The van der Waals surface area contributed by atoms with Gasteiger partial charge in [-0.3, -0.25) is 9.59 Å². The second-order valence-corrected chi connectivity index (χ2v) is 7.27. The number of amides is 2. The first kappa shape index (κ1) is 21.9. The number of hydrogen-bond acceptors (Lipinski definition) is 6. The van der Waals surface area contributed by atoms with Crippen LogP contribution >= 0.6 is 0 Å². The van der Waals surface area contributed by atoms with Crippen molar-refractivity contribution in [3.8, 4) is 11.5 Å². The summed E-state index contributed by atoms with van der Waals surface area (Å²) in [5, 5.41) is 5.43. The van der Waals surface area contributed by atoms with Gasteiger partial charge in [0.1, 0.15) is 13.2 Å². The first-order chi connectivity index (χ1) is 16.1. The number of ether oxygens (including phenoxy) is 3. The van der Waals surface area contributed by atoms with Crippen LogP contribution in [0.25, 0.3) is 0 Å². The van der Waals surface area contributed by atoms with Crippen molar-refractivity contribution in [2.75, 3.05) is 30.5 Å². The van der Waals surface area contributed by atoms with Crippen LogP contribution in [-0.2, 0) is 20.7 Å². The Labute approximate surface area is 190 Å². The van der Waals surface area contributed by atoms with Crippen LogP contribution in [0.5, 0.6) is 11.5 Å². The van der Waals surface area contributed by atoms with Crippen molar-refractivity contribution in [3.63, 3.8) is 0 Å². The zero-order valence-corrected chi connectivity index (χ0v) is 17.7. The minimum absolute atomic E-state index is 0.160. The predicted molar refractivity (Wildman–Crippen MR) is 122 cm³/mol. The highest BCUT2D eigenvalue weighted by Crippen LogP contribution is 2.32. The summed E-state index contributed by atoms with van der Waals surface area (Å²) in [6.45, 7) is 0.482. The Bertz CT molecular complexity index is 1150. The summed E-state index contributed by atoms with van der Waals surface area (Å²) in [4.78, 5) is 36.5. The molecule has 0 saturated carbocycles. The van der Waals surface area contributed by atoms with Gasteiger partial charge in [-0.1, -0.05) is 30.3 Å². The van der Waals surface area contributed by atoms with Crippen molar-refractivity contribution in [2.45, 2.75) is 6.42 Å². The van der Waals surface area contributed by atoms with Gasteiger partial charge in [0.15, 0.2) is 18.1 Å². The van der Waals surface area contributed by atoms with Gasteiger partial charge < -0.3 is 24.8 Å². The maximum absolute atomic E-state index is 12.2. The van der Waals surface area contributed by atoms with Crippen molar-refractivity contribution < 1.29 is 28.6 Å². The molecule has 168 valence electrons. The molecule has 0 aliphatic carbocycles. The summed E-state index contributed by atoms with van der Waals surface area (Å²) in [5.74, 6) is -0.121. The van der Waals surface area contributed by atoms with E-state index in [4.69, 9.17) is 14.2 Å². The third-order valence-corrected chi connectivity index (χ3v) is 4.77. The molecule has 33 heavy (non-hydrogen) atoms. The highest BCUT2D eigenvalue weighted by Gasteiger charge is 2.14. The molecular formula is C25H22N2O6. The van der Waals surface area contributed by atoms with E-state index in [1.807, 2.05) is 30.3 Å². The summed E-state index contributed by atoms with van der Waals surface area (Å²) in [5.41, 5.74) is 2.24. The molecule has 0 atom stereocenters. The molecule has 0 saturated heterocycles. The van der Waals surface area contributed by atoms with Crippen LogP contribution in [0, 0.1) is 0 Å². The van der Waals surface area contributed by atoms with E-state index in [2.05, 4.69) is 10.6 Å². The molecule has 1 heterocycles. The molecule has 3 aromatic carbocycles. The molecule has 0 bridgehead atoms. The first-order valence-electron chi connectivity index (χ1n) is 10.4. The second-order valence-electron chi connectivity index (χ2n) is 7.27. The number of carbonyl (C=O) groups is 3. The molecule has 0 fully saturated rings. The van der Waals surface area contributed by atoms with Crippen LogP contribution in [-0.4, -0.2) is 37.6 Å². The smallest absolute Gasteiger partial charge is 0.338 e. The topological polar surface area (TPSA) is 103 Å². The van der Waals surface area contributed by atoms with Gasteiger partial charge >= 0.3 is 5.97 Å². The predicted octanol–water partition coefficient (Wildman–Crippen LogP) is 3.43. The summed E-state index contributed by atoms with van der Waals surface area (Å²) in [6, 6.07) is 20.7. The molecule has 0 unspecified atom stereocenters. The maximum atomic E-state index is 12.2. The van der Waals surface area contributed by atoms with Gasteiger partial charge in [0.05, 0.1) is 12.0 Å². The zero-order chi connectivity index (χ0) is 23.0. The lowest BCUT2D eigenvalue weighted by atomic mass is 10.1. The van der Waals surface area contributed by atoms with E-state index in [1.54, 1.807) is 30.3 Å². The number of hydrogen-bond donors (Lipinski definition) is 2. The van der Waals surface area contributed by atoms with Crippen LogP contribution in [0.3, 0.4) is 0 Å². The van der Waals surface area contributed by atoms with E-state index in [0.29, 0.717) is 36.1 Å². The van der Waals surface area contributed by atoms with Crippen molar-refractivity contribution in [1.29, 1.82) is 0 Å². The Morgan fingerprint density at radius 3 is 2.18 bits per heavy atom. The lowest BCUT2D eigenvalue weighted by Crippen LogP contribution is -2.21. The first-order valence-corrected chi connectivity index (χ1v) is 10.4. The third kappa shape index (κ3) is 6.10. The molecule has 3 aromatic rings. The normalized spacial score (nSPS) is 11.9. The molecule has 8 heteroatoms. The second kappa shape index (κ2) is 10.3. The Kier molecular flexibility index (Phi) is 6.84. The molecule has 1 aliphatic heterocycles. The monoisotopic (exact) mass is 446 g/mol. The van der Waals surface area contributed by atoms with E-state index < -0.39 is 18.5 Å². The van der Waals surface area contributed by atoms with Gasteiger partial charge in [-0.2, -0.15) is 0 Å². The molecule has 0 radical (unpaired) electrons. The van der Waals surface area contributed by atoms with Gasteiger partial charge in [-0.15, -0.1) is 0 Å². The summed E-state index contributed by atoms with van der Waals surface area (Å²) in [7, 11) is 0. The Hall–Kier alpha value is -4.33. The van der Waals surface area contributed by atoms with E-state index in [0.717, 1.165) is 5.56 Å². The fourth-order valence-corrected chi connectivity index (χ4v) is 3.21. The van der Waals surface area contributed by atoms with Crippen molar-refractivity contribution >= 4 is 29.2 Å². The summed E-state index contributed by atoms with van der Waals surface area (Å²) >= 11 is 0. The average molecular weight is 446 g/mol. The van der Waals surface area contributed by atoms with Gasteiger partial charge in [0.2, 0.25) is 5.91 Å². The summed E-state index contributed by atoms with van der Waals surface area (Å²) < 4.78 is 16.0. The molecule has 1 aliphatic rings. The van der Waals surface area contributed by atoms with E-state index in [-0.39, 0.29) is 17.9 Å². The molecular weight excluding hydrogens is 424 g/mol. The highest BCUT2D eigenvalue weighted by molar-refractivity contribution is 5.96. The van der Waals surface area contributed by atoms with E-state index in [1.165, 1.54) is 12.1 Å². The summed E-state index contributed by atoms with van der Waals surface area (Å²) in [6.07, 6.45) is 0.253. The fraction of sp³-hybridized carbons (Fsp3) is 0.160. The number of nitrogens with one attached hydrogen (secondary N) is 2. The minimum Gasteiger partial charge on any atom is -0.486 e. The molecule has 8 nitrogen and oxygen atoms in total.